The molecule has 0 aromatic carbocycles. The highest BCUT2D eigenvalue weighted by Crippen LogP contribution is 2.24. The van der Waals surface area contributed by atoms with Gasteiger partial charge in [-0.1, -0.05) is 151 Å². The number of rotatable bonds is 38. The summed E-state index contributed by atoms with van der Waals surface area (Å²) in [7, 11) is -4.61. The molecular weight excluding hydrogens is 813 g/mol. The van der Waals surface area contributed by atoms with E-state index in [1.165, 1.54) is 57.8 Å². The first-order chi connectivity index (χ1) is 30.0. The van der Waals surface area contributed by atoms with Crippen molar-refractivity contribution >= 4 is 22.1 Å². The van der Waals surface area contributed by atoms with Crippen LogP contribution in [0.3, 0.4) is 0 Å². The minimum absolute atomic E-state index is 0.0907. The third-order valence-corrected chi connectivity index (χ3v) is 11.0. The van der Waals surface area contributed by atoms with Crippen LogP contribution in [0, 0.1) is 0 Å². The number of ether oxygens (including phenoxy) is 4. The summed E-state index contributed by atoms with van der Waals surface area (Å²) in [6.45, 7) is 3.65. The van der Waals surface area contributed by atoms with Gasteiger partial charge in [-0.15, -0.1) is 0 Å². The maximum Gasteiger partial charge on any atom is 0.306 e. The molecule has 0 aromatic rings. The van der Waals surface area contributed by atoms with Gasteiger partial charge in [0.25, 0.3) is 10.1 Å². The highest BCUT2D eigenvalue weighted by Gasteiger charge is 2.46. The van der Waals surface area contributed by atoms with E-state index >= 15 is 0 Å². The van der Waals surface area contributed by atoms with Gasteiger partial charge >= 0.3 is 11.9 Å². The summed E-state index contributed by atoms with van der Waals surface area (Å²) in [6, 6.07) is 0. The van der Waals surface area contributed by atoms with Gasteiger partial charge in [-0.25, -0.2) is 0 Å². The Kier molecular flexibility index (Phi) is 35.5. The fourth-order valence-electron chi connectivity index (χ4n) is 6.59. The minimum atomic E-state index is -4.61. The fraction of sp³-hybridized carbons (Fsp3) is 0.714. The van der Waals surface area contributed by atoms with E-state index in [2.05, 4.69) is 74.6 Å². The van der Waals surface area contributed by atoms with E-state index in [4.69, 9.17) is 18.9 Å². The summed E-state index contributed by atoms with van der Waals surface area (Å²) in [5.41, 5.74) is 0. The Morgan fingerprint density at radius 2 is 1.00 bits per heavy atom. The molecule has 0 spiro atoms. The largest absolute Gasteiger partial charge is 0.462 e. The summed E-state index contributed by atoms with van der Waals surface area (Å²) < 4.78 is 54.0. The molecule has 62 heavy (non-hydrogen) atoms. The first-order valence-electron chi connectivity index (χ1n) is 23.5. The number of esters is 2. The van der Waals surface area contributed by atoms with Crippen LogP contribution in [0.15, 0.2) is 72.9 Å². The van der Waals surface area contributed by atoms with Crippen LogP contribution in [0.2, 0.25) is 0 Å². The Morgan fingerprint density at radius 3 is 1.55 bits per heavy atom. The van der Waals surface area contributed by atoms with Gasteiger partial charge in [0.2, 0.25) is 0 Å². The first-order valence-corrected chi connectivity index (χ1v) is 25.1. The molecule has 12 nitrogen and oxygen atoms in total. The summed E-state index contributed by atoms with van der Waals surface area (Å²) in [6.07, 6.45) is 39.5. The van der Waals surface area contributed by atoms with Gasteiger partial charge in [-0.3, -0.25) is 14.1 Å². The van der Waals surface area contributed by atoms with Gasteiger partial charge in [-0.05, 0) is 77.0 Å². The van der Waals surface area contributed by atoms with E-state index in [1.807, 2.05) is 12.2 Å². The number of allylic oxidation sites excluding steroid dienone is 12. The summed E-state index contributed by atoms with van der Waals surface area (Å²) in [4.78, 5) is 25.4. The van der Waals surface area contributed by atoms with Crippen LogP contribution in [0.4, 0.5) is 0 Å². The van der Waals surface area contributed by atoms with E-state index in [9.17, 15) is 37.9 Å². The number of hydrogen-bond donors (Lipinski definition) is 4. The second-order valence-corrected chi connectivity index (χ2v) is 17.6. The lowest BCUT2D eigenvalue weighted by molar-refractivity contribution is -0.297. The van der Waals surface area contributed by atoms with Crippen molar-refractivity contribution in [2.24, 2.45) is 0 Å². The van der Waals surface area contributed by atoms with Crippen LogP contribution in [0.5, 0.6) is 0 Å². The quantitative estimate of drug-likeness (QED) is 0.0199. The van der Waals surface area contributed by atoms with Crippen LogP contribution >= 0.6 is 0 Å². The second kappa shape index (κ2) is 38.5. The number of hydrogen-bond acceptors (Lipinski definition) is 11. The van der Waals surface area contributed by atoms with Gasteiger partial charge in [0.05, 0.1) is 6.61 Å². The Balaban J connectivity index is 2.50. The molecular formula is C49H82O12S. The standard InChI is InChI=1S/C49H82O12S/c1-3-5-7-9-11-13-15-17-19-20-21-22-24-25-27-29-31-33-35-37-44(50)58-39-42(40-59-49-48(54)47(53)46(52)43(61-49)41-62(55,56)57)60-45(51)38-36-34-32-30-28-26-23-18-16-14-12-10-8-6-4-2/h11,13,17-19,21-23,25,27,31,33,42-43,46-49,52-54H,3-10,12,14-16,20,24,26,28-30,32,34-41H2,1-2H3,(H,55,56,57)/b13-11+,19-17+,22-21+,23-18+,27-25+,33-31+/t42-,43-,46-,47?,48?,49+/m1/s1. The third-order valence-electron chi connectivity index (χ3n) is 10.3. The van der Waals surface area contributed by atoms with Crippen molar-refractivity contribution in [1.82, 2.24) is 0 Å². The van der Waals surface area contributed by atoms with Crippen LogP contribution in [0.1, 0.15) is 168 Å². The SMILES string of the molecule is CCCCC/C=C/C/C=C/C/C=C/C/C=C/C/C=C/CCC(=O)OC[C@H](CO[C@H]1O[C@H](CS(=O)(=O)O)[C@@H](O)C(O)C1O)OC(=O)CCCCCCC/C=C/CCCCCCCC. The van der Waals surface area contributed by atoms with Crippen LogP contribution in [0.25, 0.3) is 0 Å². The van der Waals surface area contributed by atoms with Gasteiger partial charge in [0.15, 0.2) is 12.4 Å². The summed E-state index contributed by atoms with van der Waals surface area (Å²) >= 11 is 0. The van der Waals surface area contributed by atoms with Gasteiger partial charge in [-0.2, -0.15) is 8.42 Å². The molecule has 0 amide bonds. The molecule has 0 bridgehead atoms. The fourth-order valence-corrected chi connectivity index (χ4v) is 7.28. The van der Waals surface area contributed by atoms with Gasteiger partial charge in [0.1, 0.15) is 36.8 Å². The average molecular weight is 895 g/mol. The number of aliphatic hydroxyl groups is 3. The zero-order valence-electron chi connectivity index (χ0n) is 37.9. The third kappa shape index (κ3) is 32.7. The predicted octanol–water partition coefficient (Wildman–Crippen LogP) is 9.89. The topological polar surface area (TPSA) is 186 Å². The van der Waals surface area contributed by atoms with Crippen molar-refractivity contribution in [2.45, 2.75) is 205 Å². The Bertz CT molecular complexity index is 1420. The summed E-state index contributed by atoms with van der Waals surface area (Å²) in [5.74, 6) is -2.11. The van der Waals surface area contributed by atoms with E-state index in [-0.39, 0.29) is 19.4 Å². The van der Waals surface area contributed by atoms with Gasteiger partial charge in [0, 0.05) is 12.8 Å². The molecule has 1 aliphatic rings. The van der Waals surface area contributed by atoms with Crippen LogP contribution in [-0.2, 0) is 38.7 Å². The molecule has 356 valence electrons. The minimum Gasteiger partial charge on any atom is -0.462 e. The zero-order chi connectivity index (χ0) is 45.5. The van der Waals surface area contributed by atoms with Crippen molar-refractivity contribution in [2.75, 3.05) is 19.0 Å². The molecule has 1 heterocycles. The van der Waals surface area contributed by atoms with Crippen LogP contribution in [-0.4, -0.2) is 96.0 Å². The van der Waals surface area contributed by atoms with E-state index < -0.39 is 71.2 Å². The average Bonchev–Trinajstić information content (AvgIpc) is 3.24. The molecule has 1 saturated heterocycles. The molecule has 0 radical (unpaired) electrons. The first kappa shape index (κ1) is 57.1. The predicted molar refractivity (Wildman–Crippen MR) is 247 cm³/mol. The molecule has 6 atom stereocenters. The maximum atomic E-state index is 12.8. The normalized spacial score (nSPS) is 20.5. The van der Waals surface area contributed by atoms with Crippen LogP contribution < -0.4 is 0 Å². The van der Waals surface area contributed by atoms with Crippen molar-refractivity contribution in [3.05, 3.63) is 72.9 Å². The molecule has 1 aliphatic heterocycles. The lowest BCUT2D eigenvalue weighted by Crippen LogP contribution is -2.60. The van der Waals surface area contributed by atoms with E-state index in [1.54, 1.807) is 0 Å². The molecule has 0 aromatic heterocycles. The maximum absolute atomic E-state index is 12.8. The number of carbonyl (C=O) groups excluding carboxylic acids is 2. The Morgan fingerprint density at radius 1 is 0.548 bits per heavy atom. The molecule has 1 fully saturated rings. The molecule has 1 rings (SSSR count). The van der Waals surface area contributed by atoms with Crippen molar-refractivity contribution in [3.8, 4) is 0 Å². The van der Waals surface area contributed by atoms with Crippen molar-refractivity contribution in [3.63, 3.8) is 0 Å². The zero-order valence-corrected chi connectivity index (χ0v) is 38.8. The lowest BCUT2D eigenvalue weighted by atomic mass is 10.00. The highest BCUT2D eigenvalue weighted by atomic mass is 32.2. The van der Waals surface area contributed by atoms with Gasteiger partial charge < -0.3 is 34.3 Å². The summed E-state index contributed by atoms with van der Waals surface area (Å²) in [5, 5.41) is 30.9. The van der Waals surface area contributed by atoms with E-state index in [0.717, 1.165) is 70.6 Å². The van der Waals surface area contributed by atoms with Crippen molar-refractivity contribution < 1.29 is 56.8 Å². The highest BCUT2D eigenvalue weighted by molar-refractivity contribution is 7.85. The molecule has 2 unspecified atom stereocenters. The molecule has 0 aliphatic carbocycles. The van der Waals surface area contributed by atoms with Crippen molar-refractivity contribution in [1.29, 1.82) is 0 Å². The van der Waals surface area contributed by atoms with E-state index in [0.29, 0.717) is 12.8 Å². The second-order valence-electron chi connectivity index (χ2n) is 16.1. The molecule has 4 N–H and O–H groups in total. The lowest BCUT2D eigenvalue weighted by Gasteiger charge is -2.40. The molecule has 0 saturated carbocycles. The Labute approximate surface area is 374 Å². The smallest absolute Gasteiger partial charge is 0.306 e. The monoisotopic (exact) mass is 895 g/mol. The Hall–Kier alpha value is -2.91. The number of aliphatic hydroxyl groups excluding tert-OH is 3. The number of carbonyl (C=O) groups is 2. The number of unbranched alkanes of at least 4 members (excludes halogenated alkanes) is 14. The molecule has 13 heteroatoms.